The molecular formula is C12H8Cl2N2O3. The van der Waals surface area contributed by atoms with E-state index < -0.39 is 17.8 Å². The Hall–Kier alpha value is -1.59. The minimum Gasteiger partial charge on any atom is -0.263 e. The summed E-state index contributed by atoms with van der Waals surface area (Å²) in [5, 5.41) is 0.584. The molecule has 0 aromatic heterocycles. The third-order valence-electron chi connectivity index (χ3n) is 3.02. The Morgan fingerprint density at radius 3 is 2.05 bits per heavy atom. The predicted octanol–water partition coefficient (Wildman–Crippen LogP) is 2.45. The van der Waals surface area contributed by atoms with E-state index in [4.69, 9.17) is 23.2 Å². The molecule has 0 unspecified atom stereocenters. The van der Waals surface area contributed by atoms with Crippen LogP contribution in [0, 0.1) is 0 Å². The number of rotatable bonds is 2. The molecule has 1 aliphatic carbocycles. The second-order valence-corrected chi connectivity index (χ2v) is 5.33. The molecule has 3 rings (SSSR count). The highest BCUT2D eigenvalue weighted by atomic mass is 35.5. The van der Waals surface area contributed by atoms with E-state index in [9.17, 15) is 14.4 Å². The number of hydrogen-bond acceptors (Lipinski definition) is 3. The van der Waals surface area contributed by atoms with E-state index >= 15 is 0 Å². The molecule has 1 aromatic carbocycles. The number of urea groups is 1. The van der Waals surface area contributed by atoms with Crippen LogP contribution in [0.3, 0.4) is 0 Å². The van der Waals surface area contributed by atoms with Crippen LogP contribution in [0.25, 0.3) is 0 Å². The van der Waals surface area contributed by atoms with Crippen molar-refractivity contribution in [3.63, 3.8) is 0 Å². The number of amides is 4. The lowest BCUT2D eigenvalue weighted by molar-refractivity contribution is -0.139. The SMILES string of the molecule is O=C1C(=O)N(C2CC2)C(=O)N1c1cc(Cl)cc(Cl)c1. The Kier molecular flexibility index (Phi) is 2.76. The molecule has 0 atom stereocenters. The maximum atomic E-state index is 12.2. The third-order valence-corrected chi connectivity index (χ3v) is 3.46. The fourth-order valence-corrected chi connectivity index (χ4v) is 2.55. The molecule has 1 heterocycles. The van der Waals surface area contributed by atoms with E-state index in [0.717, 1.165) is 22.6 Å². The van der Waals surface area contributed by atoms with Crippen LogP contribution in [-0.2, 0) is 9.59 Å². The normalized spacial score (nSPS) is 19.6. The average molecular weight is 299 g/mol. The first kappa shape index (κ1) is 12.4. The Morgan fingerprint density at radius 1 is 0.947 bits per heavy atom. The van der Waals surface area contributed by atoms with E-state index in [1.165, 1.54) is 18.2 Å². The van der Waals surface area contributed by atoms with Crippen LogP contribution in [-0.4, -0.2) is 28.8 Å². The summed E-state index contributed by atoms with van der Waals surface area (Å²) in [7, 11) is 0. The van der Waals surface area contributed by atoms with Crippen molar-refractivity contribution in [1.82, 2.24) is 4.90 Å². The third kappa shape index (κ3) is 1.99. The van der Waals surface area contributed by atoms with Crippen LogP contribution < -0.4 is 4.90 Å². The molecule has 98 valence electrons. The fourth-order valence-electron chi connectivity index (χ4n) is 2.03. The molecule has 0 radical (unpaired) electrons. The van der Waals surface area contributed by atoms with E-state index in [2.05, 4.69) is 0 Å². The molecule has 2 fully saturated rings. The van der Waals surface area contributed by atoms with Gasteiger partial charge in [0.05, 0.1) is 5.69 Å². The highest BCUT2D eigenvalue weighted by Gasteiger charge is 2.51. The molecule has 1 aromatic rings. The molecule has 7 heteroatoms. The summed E-state index contributed by atoms with van der Waals surface area (Å²) in [5.74, 6) is -1.65. The van der Waals surface area contributed by atoms with Gasteiger partial charge in [-0.2, -0.15) is 0 Å². The highest BCUT2D eigenvalue weighted by molar-refractivity contribution is 6.53. The van der Waals surface area contributed by atoms with Gasteiger partial charge in [-0.05, 0) is 31.0 Å². The maximum absolute atomic E-state index is 12.2. The van der Waals surface area contributed by atoms with Gasteiger partial charge in [-0.3, -0.25) is 14.5 Å². The lowest BCUT2D eigenvalue weighted by Crippen LogP contribution is -2.34. The summed E-state index contributed by atoms with van der Waals surface area (Å²) in [5.41, 5.74) is 0.212. The lowest BCUT2D eigenvalue weighted by Gasteiger charge is -2.15. The molecule has 0 bridgehead atoms. The highest BCUT2D eigenvalue weighted by Crippen LogP contribution is 2.34. The van der Waals surface area contributed by atoms with Crippen LogP contribution in [0.2, 0.25) is 10.0 Å². The van der Waals surface area contributed by atoms with Gasteiger partial charge in [0, 0.05) is 16.1 Å². The standard InChI is InChI=1S/C12H8Cl2N2O3/c13-6-3-7(14)5-9(4-6)16-11(18)10(17)15(12(16)19)8-1-2-8/h3-5,8H,1-2H2. The number of carbonyl (C=O) groups excluding carboxylic acids is 3. The summed E-state index contributed by atoms with van der Waals surface area (Å²) in [6.45, 7) is 0. The van der Waals surface area contributed by atoms with Gasteiger partial charge < -0.3 is 0 Å². The molecule has 5 nitrogen and oxygen atoms in total. The van der Waals surface area contributed by atoms with Crippen molar-refractivity contribution >= 4 is 46.7 Å². The van der Waals surface area contributed by atoms with Gasteiger partial charge in [-0.1, -0.05) is 23.2 Å². The molecule has 4 amide bonds. The summed E-state index contributed by atoms with van der Waals surface area (Å²) in [4.78, 5) is 37.7. The average Bonchev–Trinajstić information content (AvgIpc) is 3.09. The van der Waals surface area contributed by atoms with Gasteiger partial charge in [0.2, 0.25) is 0 Å². The summed E-state index contributed by atoms with van der Waals surface area (Å²) >= 11 is 11.7. The monoisotopic (exact) mass is 298 g/mol. The van der Waals surface area contributed by atoms with Crippen LogP contribution >= 0.6 is 23.2 Å². The zero-order chi connectivity index (χ0) is 13.7. The number of carbonyl (C=O) groups is 3. The zero-order valence-corrected chi connectivity index (χ0v) is 11.1. The lowest BCUT2D eigenvalue weighted by atomic mass is 10.3. The Balaban J connectivity index is 2.02. The van der Waals surface area contributed by atoms with Gasteiger partial charge in [-0.25, -0.2) is 9.69 Å². The molecule has 0 spiro atoms. The summed E-state index contributed by atoms with van der Waals surface area (Å²) in [6, 6.07) is 3.55. The minimum absolute atomic E-state index is 0.149. The fraction of sp³-hybridized carbons (Fsp3) is 0.250. The number of nitrogens with zero attached hydrogens (tertiary/aromatic N) is 2. The zero-order valence-electron chi connectivity index (χ0n) is 9.60. The van der Waals surface area contributed by atoms with Gasteiger partial charge >= 0.3 is 17.8 Å². The molecule has 2 aliphatic rings. The number of anilines is 1. The number of benzene rings is 1. The van der Waals surface area contributed by atoms with Gasteiger partial charge in [0.25, 0.3) is 0 Å². The number of halogens is 2. The molecule has 1 aliphatic heterocycles. The quantitative estimate of drug-likeness (QED) is 0.622. The van der Waals surface area contributed by atoms with E-state index in [-0.39, 0.29) is 11.7 Å². The van der Waals surface area contributed by atoms with Crippen molar-refractivity contribution in [2.75, 3.05) is 4.90 Å². The van der Waals surface area contributed by atoms with Gasteiger partial charge in [0.15, 0.2) is 0 Å². The smallest absolute Gasteiger partial charge is 0.263 e. The topological polar surface area (TPSA) is 57.7 Å². The van der Waals surface area contributed by atoms with Gasteiger partial charge in [-0.15, -0.1) is 0 Å². The first-order valence-corrected chi connectivity index (χ1v) is 6.42. The van der Waals surface area contributed by atoms with Crippen LogP contribution in [0.15, 0.2) is 18.2 Å². The van der Waals surface area contributed by atoms with Crippen molar-refractivity contribution in [2.24, 2.45) is 0 Å². The van der Waals surface area contributed by atoms with Gasteiger partial charge in [0.1, 0.15) is 0 Å². The van der Waals surface area contributed by atoms with Crippen molar-refractivity contribution < 1.29 is 14.4 Å². The van der Waals surface area contributed by atoms with Crippen molar-refractivity contribution in [3.8, 4) is 0 Å². The van der Waals surface area contributed by atoms with Crippen molar-refractivity contribution in [2.45, 2.75) is 18.9 Å². The first-order chi connectivity index (χ1) is 8.99. The molecule has 19 heavy (non-hydrogen) atoms. The van der Waals surface area contributed by atoms with Crippen molar-refractivity contribution in [1.29, 1.82) is 0 Å². The maximum Gasteiger partial charge on any atom is 0.339 e. The van der Waals surface area contributed by atoms with Crippen LogP contribution in [0.4, 0.5) is 10.5 Å². The molecule has 1 saturated carbocycles. The number of hydrogen-bond donors (Lipinski definition) is 0. The van der Waals surface area contributed by atoms with Crippen LogP contribution in [0.1, 0.15) is 12.8 Å². The Bertz CT molecular complexity index is 593. The molecule has 0 N–H and O–H groups in total. The van der Waals surface area contributed by atoms with E-state index in [1.54, 1.807) is 0 Å². The Labute approximate surface area is 118 Å². The van der Waals surface area contributed by atoms with Crippen molar-refractivity contribution in [3.05, 3.63) is 28.2 Å². The Morgan fingerprint density at radius 2 is 1.53 bits per heavy atom. The van der Waals surface area contributed by atoms with E-state index in [1.807, 2.05) is 0 Å². The summed E-state index contributed by atoms with van der Waals surface area (Å²) < 4.78 is 0. The second-order valence-electron chi connectivity index (χ2n) is 4.46. The summed E-state index contributed by atoms with van der Waals surface area (Å²) in [6.07, 6.45) is 1.49. The minimum atomic E-state index is -0.866. The van der Waals surface area contributed by atoms with E-state index in [0.29, 0.717) is 10.0 Å². The van der Waals surface area contributed by atoms with Crippen LogP contribution in [0.5, 0.6) is 0 Å². The first-order valence-electron chi connectivity index (χ1n) is 5.67. The second kappa shape index (κ2) is 4.21. The molecular weight excluding hydrogens is 291 g/mol. The molecule has 1 saturated heterocycles. The predicted molar refractivity (Wildman–Crippen MR) is 69.2 cm³/mol. The number of imide groups is 2. The largest absolute Gasteiger partial charge is 0.339 e.